The van der Waals surface area contributed by atoms with Gasteiger partial charge >= 0.3 is 0 Å². The van der Waals surface area contributed by atoms with E-state index in [4.69, 9.17) is 19.4 Å². The summed E-state index contributed by atoms with van der Waals surface area (Å²) in [6.07, 6.45) is -6.38. The summed E-state index contributed by atoms with van der Waals surface area (Å²) in [6.45, 7) is -1.01. The second kappa shape index (κ2) is 6.00. The Hall–Kier alpha value is -1.29. The molecule has 20 heavy (non-hydrogen) atoms. The summed E-state index contributed by atoms with van der Waals surface area (Å²) in [5, 5.41) is 47.4. The fourth-order valence-corrected chi connectivity index (χ4v) is 2.23. The predicted octanol–water partition coefficient (Wildman–Crippen LogP) is -1.90. The average Bonchev–Trinajstić information content (AvgIpc) is 2.88. The van der Waals surface area contributed by atoms with Crippen molar-refractivity contribution in [3.8, 4) is 0 Å². The Morgan fingerprint density at radius 2 is 1.85 bits per heavy atom. The molecule has 0 aliphatic carbocycles. The van der Waals surface area contributed by atoms with Crippen LogP contribution in [-0.2, 0) is 11.3 Å². The SMILES string of the molecule is O=Cc1oc(CO)cc1C1O[C@H](CO)[C@@H](O)[C@H](O)[C@H]1O. The zero-order valence-electron chi connectivity index (χ0n) is 10.4. The summed E-state index contributed by atoms with van der Waals surface area (Å²) < 4.78 is 10.3. The van der Waals surface area contributed by atoms with E-state index in [1.165, 1.54) is 6.07 Å². The van der Waals surface area contributed by atoms with Gasteiger partial charge in [0, 0.05) is 5.56 Å². The van der Waals surface area contributed by atoms with Gasteiger partial charge in [-0.15, -0.1) is 0 Å². The van der Waals surface area contributed by atoms with Gasteiger partial charge in [-0.25, -0.2) is 0 Å². The number of aliphatic hydroxyl groups excluding tert-OH is 5. The number of rotatable bonds is 4. The Balaban J connectivity index is 2.35. The quantitative estimate of drug-likeness (QED) is 0.405. The van der Waals surface area contributed by atoms with Crippen molar-refractivity contribution in [3.63, 3.8) is 0 Å². The van der Waals surface area contributed by atoms with Crippen molar-refractivity contribution in [1.29, 1.82) is 0 Å². The molecule has 1 fully saturated rings. The molecule has 0 aromatic carbocycles. The van der Waals surface area contributed by atoms with Gasteiger partial charge in [0.1, 0.15) is 42.9 Å². The summed E-state index contributed by atoms with van der Waals surface area (Å²) >= 11 is 0. The first kappa shape index (κ1) is 15.1. The molecular formula is C12H16O8. The molecule has 5 atom stereocenters. The maximum Gasteiger partial charge on any atom is 0.185 e. The molecule has 0 amide bonds. The van der Waals surface area contributed by atoms with Gasteiger partial charge in [0.25, 0.3) is 0 Å². The first-order valence-corrected chi connectivity index (χ1v) is 6.02. The highest BCUT2D eigenvalue weighted by atomic mass is 16.5. The summed E-state index contributed by atoms with van der Waals surface area (Å²) in [7, 11) is 0. The zero-order valence-corrected chi connectivity index (χ0v) is 10.4. The first-order chi connectivity index (χ1) is 9.53. The fraction of sp³-hybridized carbons (Fsp3) is 0.583. The van der Waals surface area contributed by atoms with Crippen molar-refractivity contribution in [2.24, 2.45) is 0 Å². The average molecular weight is 288 g/mol. The van der Waals surface area contributed by atoms with Gasteiger partial charge in [-0.2, -0.15) is 0 Å². The number of aldehydes is 1. The smallest absolute Gasteiger partial charge is 0.185 e. The Morgan fingerprint density at radius 3 is 2.40 bits per heavy atom. The standard InChI is InChI=1S/C12H16O8/c13-2-5-1-6(7(3-14)19-5)12-11(18)10(17)9(16)8(4-15)20-12/h1,3,8-13,15-18H,2,4H2/t8-,9-,10+,11-,12?/m1/s1. The number of carbonyl (C=O) groups is 1. The molecule has 0 spiro atoms. The molecule has 0 saturated carbocycles. The van der Waals surface area contributed by atoms with Crippen LogP contribution in [0.25, 0.3) is 0 Å². The normalized spacial score (nSPS) is 34.1. The maximum atomic E-state index is 10.9. The highest BCUT2D eigenvalue weighted by molar-refractivity contribution is 5.73. The maximum absolute atomic E-state index is 10.9. The third kappa shape index (κ3) is 2.49. The van der Waals surface area contributed by atoms with Crippen LogP contribution in [0, 0.1) is 0 Å². The van der Waals surface area contributed by atoms with Crippen LogP contribution in [0.3, 0.4) is 0 Å². The Labute approximate surface area is 113 Å². The first-order valence-electron chi connectivity index (χ1n) is 6.02. The van der Waals surface area contributed by atoms with Crippen molar-refractivity contribution in [1.82, 2.24) is 0 Å². The molecule has 1 aromatic rings. The van der Waals surface area contributed by atoms with Crippen LogP contribution in [0.2, 0.25) is 0 Å². The van der Waals surface area contributed by atoms with E-state index in [-0.39, 0.29) is 17.1 Å². The van der Waals surface area contributed by atoms with Gasteiger partial charge < -0.3 is 34.7 Å². The number of carbonyl (C=O) groups excluding carboxylic acids is 1. The van der Waals surface area contributed by atoms with Gasteiger partial charge in [-0.1, -0.05) is 0 Å². The van der Waals surface area contributed by atoms with Gasteiger partial charge in [-0.3, -0.25) is 4.79 Å². The number of hydrogen-bond acceptors (Lipinski definition) is 8. The molecule has 8 heteroatoms. The molecule has 1 saturated heterocycles. The molecule has 112 valence electrons. The predicted molar refractivity (Wildman–Crippen MR) is 62.7 cm³/mol. The molecule has 1 unspecified atom stereocenters. The van der Waals surface area contributed by atoms with Crippen LogP contribution in [-0.4, -0.2) is 62.8 Å². The largest absolute Gasteiger partial charge is 0.455 e. The fourth-order valence-electron chi connectivity index (χ4n) is 2.23. The number of aliphatic hydroxyl groups is 5. The van der Waals surface area contributed by atoms with E-state index in [0.717, 1.165) is 0 Å². The lowest BCUT2D eigenvalue weighted by molar-refractivity contribution is -0.231. The van der Waals surface area contributed by atoms with Gasteiger partial charge in [0.15, 0.2) is 12.0 Å². The lowest BCUT2D eigenvalue weighted by Gasteiger charge is -2.39. The highest BCUT2D eigenvalue weighted by Gasteiger charge is 2.45. The molecule has 2 heterocycles. The Bertz CT molecular complexity index is 468. The number of hydrogen-bond donors (Lipinski definition) is 5. The van der Waals surface area contributed by atoms with E-state index in [2.05, 4.69) is 0 Å². The summed E-state index contributed by atoms with van der Waals surface area (Å²) in [5.74, 6) is -0.0579. The molecule has 0 radical (unpaired) electrons. The second-order valence-electron chi connectivity index (χ2n) is 4.56. The summed E-state index contributed by atoms with van der Waals surface area (Å²) in [4.78, 5) is 10.9. The topological polar surface area (TPSA) is 141 Å². The van der Waals surface area contributed by atoms with Crippen molar-refractivity contribution in [3.05, 3.63) is 23.2 Å². The lowest BCUT2D eigenvalue weighted by Crippen LogP contribution is -2.55. The van der Waals surface area contributed by atoms with E-state index < -0.39 is 43.7 Å². The molecule has 8 nitrogen and oxygen atoms in total. The van der Waals surface area contributed by atoms with E-state index >= 15 is 0 Å². The third-order valence-electron chi connectivity index (χ3n) is 3.30. The molecule has 1 aromatic heterocycles. The van der Waals surface area contributed by atoms with Crippen LogP contribution in [0.5, 0.6) is 0 Å². The van der Waals surface area contributed by atoms with Gasteiger partial charge in [-0.05, 0) is 6.07 Å². The van der Waals surface area contributed by atoms with Crippen LogP contribution in [0.15, 0.2) is 10.5 Å². The summed E-state index contributed by atoms with van der Waals surface area (Å²) in [5.41, 5.74) is 0.140. The molecule has 1 aliphatic rings. The van der Waals surface area contributed by atoms with Gasteiger partial charge in [0.2, 0.25) is 0 Å². The number of furan rings is 1. The van der Waals surface area contributed by atoms with Crippen LogP contribution < -0.4 is 0 Å². The van der Waals surface area contributed by atoms with Crippen molar-refractivity contribution < 1.29 is 39.5 Å². The van der Waals surface area contributed by atoms with Gasteiger partial charge in [0.05, 0.1) is 6.61 Å². The molecular weight excluding hydrogens is 272 g/mol. The van der Waals surface area contributed by atoms with E-state index in [1.54, 1.807) is 0 Å². The molecule has 0 bridgehead atoms. The molecule has 2 rings (SSSR count). The summed E-state index contributed by atoms with van der Waals surface area (Å²) in [6, 6.07) is 1.32. The van der Waals surface area contributed by atoms with E-state index in [9.17, 15) is 20.1 Å². The minimum absolute atomic E-state index is 0.0964. The van der Waals surface area contributed by atoms with Crippen molar-refractivity contribution >= 4 is 6.29 Å². The number of ether oxygens (including phenoxy) is 1. The van der Waals surface area contributed by atoms with Crippen molar-refractivity contribution in [2.75, 3.05) is 6.61 Å². The lowest BCUT2D eigenvalue weighted by atomic mass is 9.91. The highest BCUT2D eigenvalue weighted by Crippen LogP contribution is 2.35. The molecule has 5 N–H and O–H groups in total. The van der Waals surface area contributed by atoms with Crippen molar-refractivity contribution in [2.45, 2.75) is 37.1 Å². The van der Waals surface area contributed by atoms with Crippen LogP contribution in [0.4, 0.5) is 0 Å². The minimum Gasteiger partial charge on any atom is -0.455 e. The Kier molecular flexibility index (Phi) is 4.53. The van der Waals surface area contributed by atoms with Crippen LogP contribution in [0.1, 0.15) is 28.0 Å². The van der Waals surface area contributed by atoms with Crippen LogP contribution >= 0.6 is 0 Å². The Morgan fingerprint density at radius 1 is 1.15 bits per heavy atom. The van der Waals surface area contributed by atoms with E-state index in [0.29, 0.717) is 6.29 Å². The van der Waals surface area contributed by atoms with E-state index in [1.807, 2.05) is 0 Å². The third-order valence-corrected chi connectivity index (χ3v) is 3.30. The second-order valence-corrected chi connectivity index (χ2v) is 4.56. The monoisotopic (exact) mass is 288 g/mol. The zero-order chi connectivity index (χ0) is 14.9. The molecule has 1 aliphatic heterocycles. The minimum atomic E-state index is -1.54.